The molecular weight excluding hydrogens is 380 g/mol. The summed E-state index contributed by atoms with van der Waals surface area (Å²) in [6.45, 7) is 5.65. The quantitative estimate of drug-likeness (QED) is 0.581. The summed E-state index contributed by atoms with van der Waals surface area (Å²) in [6, 6.07) is 8.75. The molecule has 1 fully saturated rings. The molecule has 1 aromatic rings. The molecule has 0 radical (unpaired) electrons. The summed E-state index contributed by atoms with van der Waals surface area (Å²) in [4.78, 5) is 24.6. The average molecular weight is 410 g/mol. The minimum absolute atomic E-state index is 0.00200. The van der Waals surface area contributed by atoms with Crippen molar-refractivity contribution in [3.8, 4) is 0 Å². The van der Waals surface area contributed by atoms with Gasteiger partial charge in [0.2, 0.25) is 10.0 Å². The van der Waals surface area contributed by atoms with Crippen LogP contribution in [0.15, 0.2) is 35.7 Å². The molecule has 0 aliphatic carbocycles. The lowest BCUT2D eigenvalue weighted by molar-refractivity contribution is -0.895. The van der Waals surface area contributed by atoms with Crippen LogP contribution in [-0.2, 0) is 14.8 Å². The van der Waals surface area contributed by atoms with Crippen LogP contribution in [-0.4, -0.2) is 63.4 Å². The lowest BCUT2D eigenvalue weighted by atomic mass is 10.2. The monoisotopic (exact) mass is 409 g/mol. The third kappa shape index (κ3) is 7.06. The van der Waals surface area contributed by atoms with Crippen LogP contribution in [0, 0.1) is 0 Å². The Kier molecular flexibility index (Phi) is 8.16. The lowest BCUT2D eigenvalue weighted by Crippen LogP contribution is -3.15. The first kappa shape index (κ1) is 22.1. The molecule has 1 heterocycles. The molecule has 2 rings (SSSR count). The van der Waals surface area contributed by atoms with E-state index in [1.54, 1.807) is 6.08 Å². The zero-order chi connectivity index (χ0) is 20.6. The molecule has 9 heteroatoms. The molecule has 8 nitrogen and oxygen atoms in total. The number of amides is 3. The minimum Gasteiger partial charge on any atom is -0.335 e. The predicted octanol–water partition coefficient (Wildman–Crippen LogP) is -0.188. The molecule has 3 amide bonds. The van der Waals surface area contributed by atoms with Crippen LogP contribution in [0.1, 0.15) is 25.8 Å². The first-order valence-corrected chi connectivity index (χ1v) is 11.0. The Bertz CT molecular complexity index is 787. The molecule has 1 atom stereocenters. The van der Waals surface area contributed by atoms with Gasteiger partial charge in [-0.2, -0.15) is 4.31 Å². The Morgan fingerprint density at radius 2 is 1.86 bits per heavy atom. The van der Waals surface area contributed by atoms with E-state index in [9.17, 15) is 18.0 Å². The molecular formula is C19H29N4O4S+. The molecule has 1 saturated heterocycles. The van der Waals surface area contributed by atoms with E-state index in [1.165, 1.54) is 9.71 Å². The fraction of sp³-hybridized carbons (Fsp3) is 0.474. The third-order valence-corrected chi connectivity index (χ3v) is 6.24. The highest BCUT2D eigenvalue weighted by molar-refractivity contribution is 7.92. The maximum absolute atomic E-state index is 12.5. The van der Waals surface area contributed by atoms with Gasteiger partial charge in [0, 0.05) is 11.4 Å². The number of benzene rings is 1. The molecule has 3 N–H and O–H groups in total. The van der Waals surface area contributed by atoms with Gasteiger partial charge in [-0.3, -0.25) is 10.1 Å². The highest BCUT2D eigenvalue weighted by Crippen LogP contribution is 2.08. The number of piperazine rings is 1. The average Bonchev–Trinajstić information content (AvgIpc) is 2.67. The largest absolute Gasteiger partial charge is 0.335 e. The summed E-state index contributed by atoms with van der Waals surface area (Å²) in [5.74, 6) is -0.365. The number of imide groups is 1. The number of carbonyl (C=O) groups is 2. The number of quaternary nitrogens is 1. The van der Waals surface area contributed by atoms with Gasteiger partial charge in [0.05, 0.1) is 26.2 Å². The fourth-order valence-electron chi connectivity index (χ4n) is 2.81. The molecule has 0 bridgehead atoms. The Morgan fingerprint density at radius 3 is 2.46 bits per heavy atom. The Balaban J connectivity index is 1.79. The van der Waals surface area contributed by atoms with Crippen LogP contribution in [0.5, 0.6) is 0 Å². The fourth-order valence-corrected chi connectivity index (χ4v) is 4.00. The van der Waals surface area contributed by atoms with Crippen LogP contribution in [0.2, 0.25) is 0 Å². The number of hydrogen-bond acceptors (Lipinski definition) is 4. The zero-order valence-corrected chi connectivity index (χ0v) is 17.2. The number of carbonyl (C=O) groups excluding carboxylic acids is 2. The van der Waals surface area contributed by atoms with Crippen molar-refractivity contribution in [2.75, 3.05) is 32.7 Å². The van der Waals surface area contributed by atoms with Gasteiger partial charge in [-0.05, 0) is 25.0 Å². The number of rotatable bonds is 7. The van der Waals surface area contributed by atoms with Crippen LogP contribution in [0.25, 0.3) is 6.08 Å². The van der Waals surface area contributed by atoms with Crippen LogP contribution >= 0.6 is 0 Å². The highest BCUT2D eigenvalue weighted by atomic mass is 32.2. The smallest absolute Gasteiger partial charge is 0.321 e. The van der Waals surface area contributed by atoms with Gasteiger partial charge in [0.1, 0.15) is 0 Å². The molecule has 0 saturated carbocycles. The van der Waals surface area contributed by atoms with Gasteiger partial charge < -0.3 is 10.2 Å². The van der Waals surface area contributed by atoms with Crippen LogP contribution in [0.4, 0.5) is 4.79 Å². The summed E-state index contributed by atoms with van der Waals surface area (Å²) in [6.07, 6.45) is 2.36. The van der Waals surface area contributed by atoms with E-state index in [4.69, 9.17) is 0 Å². The lowest BCUT2D eigenvalue weighted by Gasteiger charge is -2.30. The van der Waals surface area contributed by atoms with E-state index < -0.39 is 16.1 Å². The number of nitrogens with zero attached hydrogens (tertiary/aromatic N) is 1. The Hall–Kier alpha value is -2.23. The molecule has 0 aromatic heterocycles. The van der Waals surface area contributed by atoms with Gasteiger partial charge in [0.15, 0.2) is 6.54 Å². The standard InChI is InChI=1S/C19H28N4O4S/c1-3-16(2)20-19(25)21-18(24)15-22-10-12-23(13-11-22)28(26,27)14-9-17-7-5-4-6-8-17/h4-9,14,16H,3,10-13,15H2,1-2H3,(H2,20,21,24,25)/p+1/b14-9+/t16-/m0/s1. The van der Waals surface area contributed by atoms with Crippen molar-refractivity contribution in [1.29, 1.82) is 0 Å². The number of nitrogens with one attached hydrogen (secondary N) is 3. The number of sulfonamides is 1. The summed E-state index contributed by atoms with van der Waals surface area (Å²) in [7, 11) is -3.49. The third-order valence-electron chi connectivity index (χ3n) is 4.67. The maximum atomic E-state index is 12.5. The van der Waals surface area contributed by atoms with E-state index >= 15 is 0 Å². The number of hydrogen-bond donors (Lipinski definition) is 3. The molecule has 154 valence electrons. The zero-order valence-electron chi connectivity index (χ0n) is 16.3. The van der Waals surface area contributed by atoms with Crippen LogP contribution in [0.3, 0.4) is 0 Å². The first-order chi connectivity index (χ1) is 13.3. The first-order valence-electron chi connectivity index (χ1n) is 9.47. The SMILES string of the molecule is CC[C@H](C)NC(=O)NC(=O)C[NH+]1CCN(S(=O)(=O)/C=C/c2ccccc2)CC1. The predicted molar refractivity (Wildman–Crippen MR) is 108 cm³/mol. The molecule has 0 unspecified atom stereocenters. The van der Waals surface area contributed by atoms with Crippen molar-refractivity contribution in [3.63, 3.8) is 0 Å². The molecule has 1 aliphatic rings. The van der Waals surface area contributed by atoms with Gasteiger partial charge in [-0.15, -0.1) is 0 Å². The van der Waals surface area contributed by atoms with Crippen molar-refractivity contribution in [2.24, 2.45) is 0 Å². The molecule has 1 aromatic carbocycles. The van der Waals surface area contributed by atoms with Crippen molar-refractivity contribution in [2.45, 2.75) is 26.3 Å². The van der Waals surface area contributed by atoms with Gasteiger partial charge in [-0.25, -0.2) is 13.2 Å². The van der Waals surface area contributed by atoms with Crippen molar-refractivity contribution in [1.82, 2.24) is 14.9 Å². The second-order valence-corrected chi connectivity index (χ2v) is 8.73. The second-order valence-electron chi connectivity index (χ2n) is 6.92. The summed E-state index contributed by atoms with van der Waals surface area (Å²) in [5, 5.41) is 6.22. The number of urea groups is 1. The van der Waals surface area contributed by atoms with E-state index in [1.807, 2.05) is 44.2 Å². The van der Waals surface area contributed by atoms with E-state index in [0.717, 1.165) is 16.9 Å². The van der Waals surface area contributed by atoms with E-state index in [0.29, 0.717) is 26.2 Å². The van der Waals surface area contributed by atoms with Crippen molar-refractivity contribution < 1.29 is 22.9 Å². The normalized spacial score (nSPS) is 17.4. The molecule has 0 spiro atoms. The van der Waals surface area contributed by atoms with Crippen molar-refractivity contribution >= 4 is 28.0 Å². The van der Waals surface area contributed by atoms with Gasteiger partial charge in [-0.1, -0.05) is 37.3 Å². The Morgan fingerprint density at radius 1 is 1.21 bits per heavy atom. The molecule has 1 aliphatic heterocycles. The summed E-state index contributed by atoms with van der Waals surface area (Å²) in [5.41, 5.74) is 0.822. The van der Waals surface area contributed by atoms with E-state index in [-0.39, 0.29) is 18.5 Å². The Labute approximate surface area is 166 Å². The summed E-state index contributed by atoms with van der Waals surface area (Å²) >= 11 is 0. The topological polar surface area (TPSA) is 100 Å². The van der Waals surface area contributed by atoms with Gasteiger partial charge in [0.25, 0.3) is 5.91 Å². The second kappa shape index (κ2) is 10.4. The van der Waals surface area contributed by atoms with Crippen LogP contribution < -0.4 is 15.5 Å². The van der Waals surface area contributed by atoms with Crippen molar-refractivity contribution in [3.05, 3.63) is 41.3 Å². The maximum Gasteiger partial charge on any atom is 0.321 e. The minimum atomic E-state index is -3.49. The highest BCUT2D eigenvalue weighted by Gasteiger charge is 2.28. The summed E-state index contributed by atoms with van der Waals surface area (Å²) < 4.78 is 26.3. The van der Waals surface area contributed by atoms with Gasteiger partial charge >= 0.3 is 6.03 Å². The molecule has 28 heavy (non-hydrogen) atoms. The van der Waals surface area contributed by atoms with E-state index in [2.05, 4.69) is 10.6 Å².